The summed E-state index contributed by atoms with van der Waals surface area (Å²) in [5.74, 6) is -0.450. The number of rotatable bonds is 2. The number of fused-ring (bicyclic) bond motifs is 1. The van der Waals surface area contributed by atoms with E-state index < -0.39 is 0 Å². The van der Waals surface area contributed by atoms with E-state index in [1.807, 2.05) is 0 Å². The van der Waals surface area contributed by atoms with E-state index in [1.165, 1.54) is 4.90 Å². The lowest BCUT2D eigenvalue weighted by Gasteiger charge is -2.27. The summed E-state index contributed by atoms with van der Waals surface area (Å²) in [6.07, 6.45) is 0. The number of nitrogens with one attached hydrogen (secondary N) is 1. The first-order valence-corrected chi connectivity index (χ1v) is 6.93. The summed E-state index contributed by atoms with van der Waals surface area (Å²) >= 11 is 3.32. The van der Waals surface area contributed by atoms with E-state index >= 15 is 0 Å². The maximum absolute atomic E-state index is 12.2. The molecule has 6 heteroatoms. The molecule has 100 valence electrons. The zero-order valence-corrected chi connectivity index (χ0v) is 11.8. The topological polar surface area (TPSA) is 58.6 Å². The highest BCUT2D eigenvalue weighted by atomic mass is 79.9. The molecule has 3 rings (SSSR count). The van der Waals surface area contributed by atoms with Crippen LogP contribution in [0, 0.1) is 0 Å². The molecular formula is C13H13BrN2O3. The summed E-state index contributed by atoms with van der Waals surface area (Å²) in [5.41, 5.74) is 0.945. The van der Waals surface area contributed by atoms with Crippen molar-refractivity contribution < 1.29 is 14.3 Å². The van der Waals surface area contributed by atoms with Crippen LogP contribution in [0.3, 0.4) is 0 Å². The second-order valence-corrected chi connectivity index (χ2v) is 5.55. The van der Waals surface area contributed by atoms with E-state index in [0.717, 1.165) is 11.0 Å². The van der Waals surface area contributed by atoms with Gasteiger partial charge in [-0.15, -0.1) is 0 Å². The summed E-state index contributed by atoms with van der Waals surface area (Å²) < 4.78 is 6.14. The van der Waals surface area contributed by atoms with Crippen LogP contribution in [0.5, 0.6) is 0 Å². The Balaban J connectivity index is 1.81. The van der Waals surface area contributed by atoms with Crippen LogP contribution in [0.15, 0.2) is 22.7 Å². The average molecular weight is 325 g/mol. The van der Waals surface area contributed by atoms with E-state index in [9.17, 15) is 9.59 Å². The molecule has 5 nitrogen and oxygen atoms in total. The van der Waals surface area contributed by atoms with Gasteiger partial charge in [0.25, 0.3) is 11.8 Å². The van der Waals surface area contributed by atoms with Crippen molar-refractivity contribution in [3.05, 3.63) is 33.8 Å². The Morgan fingerprint density at radius 2 is 2.11 bits per heavy atom. The van der Waals surface area contributed by atoms with Gasteiger partial charge in [-0.25, -0.2) is 0 Å². The van der Waals surface area contributed by atoms with Gasteiger partial charge in [0, 0.05) is 23.6 Å². The first-order chi connectivity index (χ1) is 9.16. The third-order valence-corrected chi connectivity index (χ3v) is 3.83. The Labute approximate surface area is 119 Å². The maximum Gasteiger partial charge on any atom is 0.261 e. The molecule has 2 amide bonds. The molecule has 0 bridgehead atoms. The predicted octanol–water partition coefficient (Wildman–Crippen LogP) is 1.03. The van der Waals surface area contributed by atoms with Gasteiger partial charge in [0.15, 0.2) is 0 Å². The Bertz CT molecular complexity index is 541. The lowest BCUT2D eigenvalue weighted by Crippen LogP contribution is -2.49. The minimum atomic E-state index is -0.228. The fraction of sp³-hybridized carbons (Fsp3) is 0.385. The van der Waals surface area contributed by atoms with Crippen LogP contribution in [-0.2, 0) is 4.74 Å². The van der Waals surface area contributed by atoms with Crippen LogP contribution in [0.2, 0.25) is 0 Å². The van der Waals surface area contributed by atoms with Crippen molar-refractivity contribution in [3.63, 3.8) is 0 Å². The number of ether oxygens (including phenoxy) is 1. The van der Waals surface area contributed by atoms with Crippen LogP contribution in [0.4, 0.5) is 0 Å². The van der Waals surface area contributed by atoms with E-state index in [-0.39, 0.29) is 17.9 Å². The summed E-state index contributed by atoms with van der Waals surface area (Å²) in [6, 6.07) is 5.17. The zero-order chi connectivity index (χ0) is 13.4. The van der Waals surface area contributed by atoms with Crippen molar-refractivity contribution in [1.82, 2.24) is 10.2 Å². The first-order valence-electron chi connectivity index (χ1n) is 6.13. The molecule has 19 heavy (non-hydrogen) atoms. The number of amides is 2. The Kier molecular flexibility index (Phi) is 3.38. The molecule has 0 aromatic heterocycles. The fourth-order valence-corrected chi connectivity index (χ4v) is 2.75. The van der Waals surface area contributed by atoms with Gasteiger partial charge in [-0.3, -0.25) is 14.5 Å². The summed E-state index contributed by atoms with van der Waals surface area (Å²) in [5, 5.41) is 3.24. The molecule has 1 N–H and O–H groups in total. The molecule has 1 saturated heterocycles. The van der Waals surface area contributed by atoms with Gasteiger partial charge >= 0.3 is 0 Å². The van der Waals surface area contributed by atoms with Crippen LogP contribution >= 0.6 is 15.9 Å². The number of imide groups is 1. The largest absolute Gasteiger partial charge is 0.378 e. The highest BCUT2D eigenvalue weighted by molar-refractivity contribution is 9.10. The molecule has 1 atom stereocenters. The van der Waals surface area contributed by atoms with E-state index in [1.54, 1.807) is 18.2 Å². The second kappa shape index (κ2) is 5.03. The second-order valence-electron chi connectivity index (χ2n) is 4.64. The number of hydrogen-bond donors (Lipinski definition) is 1. The fourth-order valence-electron chi connectivity index (χ4n) is 2.39. The van der Waals surface area contributed by atoms with Gasteiger partial charge in [0.1, 0.15) is 0 Å². The number of halogens is 1. The number of morpholine rings is 1. The van der Waals surface area contributed by atoms with Gasteiger partial charge < -0.3 is 10.1 Å². The highest BCUT2D eigenvalue weighted by Crippen LogP contribution is 2.26. The highest BCUT2D eigenvalue weighted by Gasteiger charge is 2.36. The van der Waals surface area contributed by atoms with Gasteiger partial charge in [0.2, 0.25) is 0 Å². The Morgan fingerprint density at radius 1 is 1.32 bits per heavy atom. The van der Waals surface area contributed by atoms with Crippen LogP contribution in [0.25, 0.3) is 0 Å². The number of carbonyl (C=O) groups excluding carboxylic acids is 2. The summed E-state index contributed by atoms with van der Waals surface area (Å²) in [7, 11) is 0. The van der Waals surface area contributed by atoms with Crippen molar-refractivity contribution in [2.45, 2.75) is 6.04 Å². The molecule has 0 spiro atoms. The Morgan fingerprint density at radius 3 is 2.84 bits per heavy atom. The van der Waals surface area contributed by atoms with Crippen LogP contribution in [-0.4, -0.2) is 49.1 Å². The standard InChI is InChI=1S/C13H13BrN2O3/c14-8-1-2-10-11(5-8)13(18)16(12(10)17)6-9-7-19-4-3-15-9/h1-2,5,9,15H,3-4,6-7H2. The molecule has 1 unspecified atom stereocenters. The summed E-state index contributed by atoms with van der Waals surface area (Å²) in [6.45, 7) is 2.30. The van der Waals surface area contributed by atoms with Crippen molar-refractivity contribution in [1.29, 1.82) is 0 Å². The van der Waals surface area contributed by atoms with Gasteiger partial charge in [-0.2, -0.15) is 0 Å². The van der Waals surface area contributed by atoms with Crippen molar-refractivity contribution in [3.8, 4) is 0 Å². The molecule has 0 saturated carbocycles. The first kappa shape index (κ1) is 12.8. The quantitative estimate of drug-likeness (QED) is 0.826. The predicted molar refractivity (Wildman–Crippen MR) is 72.1 cm³/mol. The number of benzene rings is 1. The average Bonchev–Trinajstić information content (AvgIpc) is 2.65. The van der Waals surface area contributed by atoms with Gasteiger partial charge in [0.05, 0.1) is 24.3 Å². The van der Waals surface area contributed by atoms with Crippen molar-refractivity contribution in [2.75, 3.05) is 26.3 Å². The molecule has 0 aliphatic carbocycles. The normalized spacial score (nSPS) is 22.8. The van der Waals surface area contributed by atoms with Crippen LogP contribution in [0.1, 0.15) is 20.7 Å². The number of carbonyl (C=O) groups is 2. The maximum atomic E-state index is 12.2. The van der Waals surface area contributed by atoms with Crippen molar-refractivity contribution in [2.24, 2.45) is 0 Å². The minimum Gasteiger partial charge on any atom is -0.378 e. The van der Waals surface area contributed by atoms with E-state index in [4.69, 9.17) is 4.74 Å². The molecule has 1 fully saturated rings. The third-order valence-electron chi connectivity index (χ3n) is 3.33. The van der Waals surface area contributed by atoms with Crippen LogP contribution < -0.4 is 5.32 Å². The molecule has 2 aliphatic rings. The van der Waals surface area contributed by atoms with E-state index in [0.29, 0.717) is 30.9 Å². The molecule has 2 heterocycles. The molecule has 1 aromatic rings. The molecule has 1 aromatic carbocycles. The molecular weight excluding hydrogens is 312 g/mol. The van der Waals surface area contributed by atoms with Gasteiger partial charge in [-0.05, 0) is 18.2 Å². The minimum absolute atomic E-state index is 0.0133. The molecule has 0 radical (unpaired) electrons. The smallest absolute Gasteiger partial charge is 0.261 e. The number of nitrogens with zero attached hydrogens (tertiary/aromatic N) is 1. The molecule has 2 aliphatic heterocycles. The number of hydrogen-bond acceptors (Lipinski definition) is 4. The lowest BCUT2D eigenvalue weighted by molar-refractivity contribution is 0.0486. The SMILES string of the molecule is O=C1c2ccc(Br)cc2C(=O)N1CC1COCCN1. The van der Waals surface area contributed by atoms with E-state index in [2.05, 4.69) is 21.2 Å². The summed E-state index contributed by atoms with van der Waals surface area (Å²) in [4.78, 5) is 25.8. The lowest BCUT2D eigenvalue weighted by atomic mass is 10.1. The monoisotopic (exact) mass is 324 g/mol. The Hall–Kier alpha value is -1.24. The third kappa shape index (κ3) is 2.31. The van der Waals surface area contributed by atoms with Crippen molar-refractivity contribution >= 4 is 27.7 Å². The zero-order valence-electron chi connectivity index (χ0n) is 10.2. The van der Waals surface area contributed by atoms with Gasteiger partial charge in [-0.1, -0.05) is 15.9 Å².